The Hall–Kier alpha value is -0.680. The lowest BCUT2D eigenvalue weighted by molar-refractivity contribution is -0.120. The highest BCUT2D eigenvalue weighted by molar-refractivity contribution is 7.80. The van der Waals surface area contributed by atoms with Gasteiger partial charge in [-0.2, -0.15) is 0 Å². The van der Waals surface area contributed by atoms with Crippen LogP contribution in [0, 0.1) is 0 Å². The quantitative estimate of drug-likeness (QED) is 0.627. The fourth-order valence-electron chi connectivity index (χ4n) is 1.29. The van der Waals surface area contributed by atoms with Gasteiger partial charge in [-0.1, -0.05) is 12.2 Å². The van der Waals surface area contributed by atoms with Crippen LogP contribution in [-0.2, 0) is 4.79 Å². The zero-order valence-electron chi connectivity index (χ0n) is 9.75. The molecule has 0 heterocycles. The maximum atomic E-state index is 11.0. The molecule has 0 aromatic heterocycles. The first-order valence-corrected chi connectivity index (χ1v) is 5.61. The molecule has 88 valence electrons. The summed E-state index contributed by atoms with van der Waals surface area (Å²) in [6.07, 6.45) is 1.39. The molecule has 0 rings (SSSR count). The number of thiocarbonyl (C=S) groups is 1. The second-order valence-corrected chi connectivity index (χ2v) is 4.33. The minimum absolute atomic E-state index is 0.0778. The number of nitrogens with zero attached hydrogens (tertiary/aromatic N) is 1. The van der Waals surface area contributed by atoms with Crippen molar-refractivity contribution in [3.63, 3.8) is 0 Å². The molecule has 0 aliphatic carbocycles. The van der Waals surface area contributed by atoms with Gasteiger partial charge in [0.25, 0.3) is 0 Å². The molecule has 5 heteroatoms. The van der Waals surface area contributed by atoms with Crippen LogP contribution in [0.1, 0.15) is 26.7 Å². The molecule has 1 amide bonds. The minimum Gasteiger partial charge on any atom is -0.392 e. The Labute approximate surface area is 97.2 Å². The topological polar surface area (TPSA) is 58.4 Å². The van der Waals surface area contributed by atoms with Gasteiger partial charge in [0.15, 0.2) is 0 Å². The Morgan fingerprint density at radius 3 is 2.53 bits per heavy atom. The molecule has 0 aliphatic heterocycles. The van der Waals surface area contributed by atoms with Crippen molar-refractivity contribution >= 4 is 23.1 Å². The number of amides is 1. The van der Waals surface area contributed by atoms with Crippen LogP contribution < -0.4 is 11.1 Å². The lowest BCUT2D eigenvalue weighted by atomic mass is 10.2. The number of nitrogens with two attached hydrogens (primary N) is 1. The molecule has 4 nitrogen and oxygen atoms in total. The van der Waals surface area contributed by atoms with Crippen molar-refractivity contribution in [2.24, 2.45) is 5.73 Å². The van der Waals surface area contributed by atoms with Gasteiger partial charge in [-0.3, -0.25) is 9.69 Å². The van der Waals surface area contributed by atoms with Gasteiger partial charge in [-0.05, 0) is 26.8 Å². The highest BCUT2D eigenvalue weighted by Crippen LogP contribution is 2.01. The van der Waals surface area contributed by atoms with E-state index < -0.39 is 0 Å². The van der Waals surface area contributed by atoms with E-state index in [2.05, 4.69) is 24.1 Å². The van der Waals surface area contributed by atoms with Crippen LogP contribution >= 0.6 is 12.2 Å². The SMILES string of the molecule is CNC(=O)CCCN(CC(N)=S)C(C)C. The number of carbonyl (C=O) groups is 1. The fourth-order valence-corrected chi connectivity index (χ4v) is 1.45. The molecule has 15 heavy (non-hydrogen) atoms. The van der Waals surface area contributed by atoms with Crippen LogP contribution in [0.4, 0.5) is 0 Å². The van der Waals surface area contributed by atoms with Gasteiger partial charge in [0, 0.05) is 26.1 Å². The third-order valence-corrected chi connectivity index (χ3v) is 2.35. The first-order chi connectivity index (χ1) is 6.97. The second kappa shape index (κ2) is 7.59. The summed E-state index contributed by atoms with van der Waals surface area (Å²) in [6, 6.07) is 0.399. The third-order valence-electron chi connectivity index (χ3n) is 2.22. The molecule has 0 aliphatic rings. The normalized spacial score (nSPS) is 10.7. The van der Waals surface area contributed by atoms with Gasteiger partial charge in [0.2, 0.25) is 5.91 Å². The van der Waals surface area contributed by atoms with E-state index in [4.69, 9.17) is 18.0 Å². The van der Waals surface area contributed by atoms with Crippen molar-refractivity contribution in [2.45, 2.75) is 32.7 Å². The molecule has 0 fully saturated rings. The zero-order chi connectivity index (χ0) is 11.8. The van der Waals surface area contributed by atoms with E-state index in [0.717, 1.165) is 13.0 Å². The number of rotatable bonds is 7. The molecule has 0 radical (unpaired) electrons. The Kier molecular flexibility index (Phi) is 7.25. The number of nitrogens with one attached hydrogen (secondary N) is 1. The molecule has 0 aromatic rings. The van der Waals surface area contributed by atoms with Crippen LogP contribution in [-0.4, -0.2) is 42.0 Å². The average Bonchev–Trinajstić information content (AvgIpc) is 2.15. The van der Waals surface area contributed by atoms with Crippen molar-refractivity contribution in [1.29, 1.82) is 0 Å². The van der Waals surface area contributed by atoms with Crippen molar-refractivity contribution in [2.75, 3.05) is 20.1 Å². The Balaban J connectivity index is 3.86. The van der Waals surface area contributed by atoms with Gasteiger partial charge in [0.05, 0.1) is 4.99 Å². The first-order valence-electron chi connectivity index (χ1n) is 5.20. The standard InChI is InChI=1S/C10H21N3OS/c1-8(2)13(7-9(11)15)6-4-5-10(14)12-3/h8H,4-7H2,1-3H3,(H2,11,15)(H,12,14). The van der Waals surface area contributed by atoms with Gasteiger partial charge in [-0.25, -0.2) is 0 Å². The largest absolute Gasteiger partial charge is 0.392 e. The first kappa shape index (κ1) is 14.3. The summed E-state index contributed by atoms with van der Waals surface area (Å²) < 4.78 is 0. The van der Waals surface area contributed by atoms with Crippen LogP contribution in [0.15, 0.2) is 0 Å². The van der Waals surface area contributed by atoms with Gasteiger partial charge >= 0.3 is 0 Å². The van der Waals surface area contributed by atoms with Crippen LogP contribution in [0.2, 0.25) is 0 Å². The van der Waals surface area contributed by atoms with E-state index in [1.165, 1.54) is 0 Å². The van der Waals surface area contributed by atoms with Crippen LogP contribution in [0.5, 0.6) is 0 Å². The Morgan fingerprint density at radius 1 is 1.53 bits per heavy atom. The summed E-state index contributed by atoms with van der Waals surface area (Å²) >= 11 is 4.87. The maximum Gasteiger partial charge on any atom is 0.219 e. The summed E-state index contributed by atoms with van der Waals surface area (Å²) in [6.45, 7) is 5.67. The molecular formula is C10H21N3OS. The molecule has 0 saturated carbocycles. The molecule has 0 bridgehead atoms. The highest BCUT2D eigenvalue weighted by Gasteiger charge is 2.10. The number of carbonyl (C=O) groups excluding carboxylic acids is 1. The monoisotopic (exact) mass is 231 g/mol. The van der Waals surface area contributed by atoms with Crippen molar-refractivity contribution in [3.8, 4) is 0 Å². The number of hydrogen-bond donors (Lipinski definition) is 2. The van der Waals surface area contributed by atoms with E-state index >= 15 is 0 Å². The van der Waals surface area contributed by atoms with Crippen LogP contribution in [0.25, 0.3) is 0 Å². The summed E-state index contributed by atoms with van der Waals surface area (Å²) in [4.78, 5) is 13.7. The second-order valence-electron chi connectivity index (χ2n) is 3.81. The average molecular weight is 231 g/mol. The van der Waals surface area contributed by atoms with E-state index in [9.17, 15) is 4.79 Å². The number of hydrogen-bond acceptors (Lipinski definition) is 3. The van der Waals surface area contributed by atoms with E-state index in [1.807, 2.05) is 0 Å². The molecule has 3 N–H and O–H groups in total. The summed E-state index contributed by atoms with van der Waals surface area (Å²) in [5, 5.41) is 2.60. The summed E-state index contributed by atoms with van der Waals surface area (Å²) in [5.41, 5.74) is 5.50. The fraction of sp³-hybridized carbons (Fsp3) is 0.800. The third kappa shape index (κ3) is 7.27. The minimum atomic E-state index is 0.0778. The zero-order valence-corrected chi connectivity index (χ0v) is 10.6. The Morgan fingerprint density at radius 2 is 2.13 bits per heavy atom. The summed E-state index contributed by atoms with van der Waals surface area (Å²) in [5.74, 6) is 0.0778. The van der Waals surface area contributed by atoms with Crippen molar-refractivity contribution < 1.29 is 4.79 Å². The maximum absolute atomic E-state index is 11.0. The predicted octanol–water partition coefficient (Wildman–Crippen LogP) is 0.509. The molecule has 0 atom stereocenters. The van der Waals surface area contributed by atoms with E-state index in [-0.39, 0.29) is 5.91 Å². The Bertz CT molecular complexity index is 219. The van der Waals surface area contributed by atoms with Crippen LogP contribution in [0.3, 0.4) is 0 Å². The van der Waals surface area contributed by atoms with E-state index in [1.54, 1.807) is 7.05 Å². The summed E-state index contributed by atoms with van der Waals surface area (Å²) in [7, 11) is 1.65. The van der Waals surface area contributed by atoms with Gasteiger partial charge < -0.3 is 11.1 Å². The smallest absolute Gasteiger partial charge is 0.219 e. The van der Waals surface area contributed by atoms with Gasteiger partial charge in [0.1, 0.15) is 0 Å². The molecule has 0 spiro atoms. The molecule has 0 unspecified atom stereocenters. The molecular weight excluding hydrogens is 210 g/mol. The van der Waals surface area contributed by atoms with Crippen molar-refractivity contribution in [3.05, 3.63) is 0 Å². The lowest BCUT2D eigenvalue weighted by Crippen LogP contribution is -2.38. The lowest BCUT2D eigenvalue weighted by Gasteiger charge is -2.25. The van der Waals surface area contributed by atoms with Gasteiger partial charge in [-0.15, -0.1) is 0 Å². The molecule has 0 aromatic carbocycles. The van der Waals surface area contributed by atoms with E-state index in [0.29, 0.717) is 24.0 Å². The highest BCUT2D eigenvalue weighted by atomic mass is 32.1. The van der Waals surface area contributed by atoms with Crippen molar-refractivity contribution in [1.82, 2.24) is 10.2 Å². The molecule has 0 saturated heterocycles. The predicted molar refractivity (Wildman–Crippen MR) is 66.8 cm³/mol.